The van der Waals surface area contributed by atoms with Crippen LogP contribution in [0.15, 0.2) is 60.7 Å². The molecule has 2 N–H and O–H groups in total. The summed E-state index contributed by atoms with van der Waals surface area (Å²) >= 11 is 1.32. The molecule has 2 aromatic carbocycles. The van der Waals surface area contributed by atoms with E-state index in [-0.39, 0.29) is 11.8 Å². The van der Waals surface area contributed by atoms with Gasteiger partial charge in [-0.1, -0.05) is 53.8 Å². The molecule has 3 aromatic rings. The van der Waals surface area contributed by atoms with E-state index in [1.807, 2.05) is 42.5 Å². The van der Waals surface area contributed by atoms with E-state index < -0.39 is 0 Å². The second kappa shape index (κ2) is 8.17. The van der Waals surface area contributed by atoms with E-state index in [9.17, 15) is 9.59 Å². The zero-order valence-corrected chi connectivity index (χ0v) is 14.8. The van der Waals surface area contributed by atoms with Gasteiger partial charge in [-0.05, 0) is 23.8 Å². The maximum Gasteiger partial charge on any atom is 0.250 e. The molecule has 0 saturated carbocycles. The summed E-state index contributed by atoms with van der Waals surface area (Å²) in [4.78, 5) is 23.0. The molecule has 0 spiro atoms. The van der Waals surface area contributed by atoms with Crippen molar-refractivity contribution in [1.82, 2.24) is 10.2 Å². The summed E-state index contributed by atoms with van der Waals surface area (Å²) in [6.07, 6.45) is 3.11. The predicted molar refractivity (Wildman–Crippen MR) is 104 cm³/mol. The van der Waals surface area contributed by atoms with E-state index in [0.717, 1.165) is 16.1 Å². The average molecular weight is 364 g/mol. The first-order valence-corrected chi connectivity index (χ1v) is 8.67. The van der Waals surface area contributed by atoms with Crippen molar-refractivity contribution < 1.29 is 9.59 Å². The molecule has 0 saturated heterocycles. The van der Waals surface area contributed by atoms with Crippen LogP contribution in [0.4, 0.5) is 10.8 Å². The Bertz CT molecular complexity index is 934. The minimum atomic E-state index is -0.285. The summed E-state index contributed by atoms with van der Waals surface area (Å²) in [5, 5.41) is 14.7. The van der Waals surface area contributed by atoms with Crippen LogP contribution in [-0.4, -0.2) is 22.0 Å². The SMILES string of the molecule is CC(=O)Nc1ccc(/C=C/C(=O)Nc2nnc(-c3ccccc3)s2)cc1. The lowest BCUT2D eigenvalue weighted by Gasteiger charge is -2.01. The van der Waals surface area contributed by atoms with Gasteiger partial charge in [0.05, 0.1) is 0 Å². The number of carbonyl (C=O) groups excluding carboxylic acids is 2. The van der Waals surface area contributed by atoms with Gasteiger partial charge in [0.25, 0.3) is 0 Å². The van der Waals surface area contributed by atoms with Crippen molar-refractivity contribution >= 4 is 40.0 Å². The first-order valence-electron chi connectivity index (χ1n) is 7.86. The summed E-state index contributed by atoms with van der Waals surface area (Å²) in [5.41, 5.74) is 2.51. The minimum absolute atomic E-state index is 0.125. The first-order chi connectivity index (χ1) is 12.6. The number of benzene rings is 2. The Morgan fingerprint density at radius 1 is 0.962 bits per heavy atom. The van der Waals surface area contributed by atoms with Gasteiger partial charge in [-0.15, -0.1) is 10.2 Å². The highest BCUT2D eigenvalue weighted by Gasteiger charge is 2.07. The number of rotatable bonds is 5. The molecular formula is C19H16N4O2S. The normalized spacial score (nSPS) is 10.7. The molecule has 0 atom stereocenters. The van der Waals surface area contributed by atoms with Gasteiger partial charge in [-0.2, -0.15) is 0 Å². The molecule has 3 rings (SSSR count). The average Bonchev–Trinajstić information content (AvgIpc) is 3.10. The third-order valence-corrected chi connectivity index (χ3v) is 4.22. The Morgan fingerprint density at radius 2 is 1.69 bits per heavy atom. The molecule has 130 valence electrons. The molecule has 1 heterocycles. The smallest absolute Gasteiger partial charge is 0.250 e. The number of nitrogens with one attached hydrogen (secondary N) is 2. The van der Waals surface area contributed by atoms with E-state index in [1.54, 1.807) is 18.2 Å². The molecule has 0 bridgehead atoms. The second-order valence-electron chi connectivity index (χ2n) is 5.40. The van der Waals surface area contributed by atoms with Gasteiger partial charge in [0.15, 0.2) is 0 Å². The molecule has 1 aromatic heterocycles. The van der Waals surface area contributed by atoms with E-state index in [1.165, 1.54) is 24.3 Å². The monoisotopic (exact) mass is 364 g/mol. The number of anilines is 2. The summed E-state index contributed by atoms with van der Waals surface area (Å²) in [6, 6.07) is 16.8. The van der Waals surface area contributed by atoms with Crippen LogP contribution >= 0.6 is 11.3 Å². The quantitative estimate of drug-likeness (QED) is 0.674. The van der Waals surface area contributed by atoms with Gasteiger partial charge in [0, 0.05) is 24.3 Å². The molecule has 0 fully saturated rings. The second-order valence-corrected chi connectivity index (χ2v) is 6.38. The molecule has 0 unspecified atom stereocenters. The van der Waals surface area contributed by atoms with Crippen LogP contribution in [0.1, 0.15) is 12.5 Å². The standard InChI is InChI=1S/C19H16N4O2S/c1-13(24)20-16-10-7-14(8-11-16)9-12-17(25)21-19-23-22-18(26-19)15-5-3-2-4-6-15/h2-12H,1H3,(H,20,24)(H,21,23,25)/b12-9+. The summed E-state index contributed by atoms with van der Waals surface area (Å²) in [6.45, 7) is 1.45. The molecule has 26 heavy (non-hydrogen) atoms. The van der Waals surface area contributed by atoms with Crippen LogP contribution in [0.25, 0.3) is 16.6 Å². The number of hydrogen-bond acceptors (Lipinski definition) is 5. The van der Waals surface area contributed by atoms with E-state index >= 15 is 0 Å². The highest BCUT2D eigenvalue weighted by molar-refractivity contribution is 7.18. The molecule has 0 aliphatic rings. The number of carbonyl (C=O) groups is 2. The van der Waals surface area contributed by atoms with Crippen LogP contribution in [0, 0.1) is 0 Å². The van der Waals surface area contributed by atoms with Crippen LogP contribution in [-0.2, 0) is 9.59 Å². The molecule has 6 nitrogen and oxygen atoms in total. The molecular weight excluding hydrogens is 348 g/mol. The van der Waals surface area contributed by atoms with Crippen LogP contribution in [0.2, 0.25) is 0 Å². The largest absolute Gasteiger partial charge is 0.326 e. The van der Waals surface area contributed by atoms with Gasteiger partial charge < -0.3 is 5.32 Å². The van der Waals surface area contributed by atoms with Gasteiger partial charge in [-0.3, -0.25) is 14.9 Å². The van der Waals surface area contributed by atoms with Crippen molar-refractivity contribution in [3.05, 3.63) is 66.2 Å². The number of amides is 2. The fourth-order valence-electron chi connectivity index (χ4n) is 2.17. The van der Waals surface area contributed by atoms with Crippen molar-refractivity contribution in [2.24, 2.45) is 0 Å². The number of aromatic nitrogens is 2. The molecule has 2 amide bonds. The van der Waals surface area contributed by atoms with Crippen LogP contribution < -0.4 is 10.6 Å². The van der Waals surface area contributed by atoms with Crippen LogP contribution in [0.3, 0.4) is 0 Å². The van der Waals surface area contributed by atoms with Gasteiger partial charge in [0.2, 0.25) is 16.9 Å². The van der Waals surface area contributed by atoms with Crippen molar-refractivity contribution in [3.63, 3.8) is 0 Å². The predicted octanol–water partition coefficient (Wildman–Crippen LogP) is 3.82. The van der Waals surface area contributed by atoms with Gasteiger partial charge in [-0.25, -0.2) is 0 Å². The highest BCUT2D eigenvalue weighted by Crippen LogP contribution is 2.25. The first kappa shape index (κ1) is 17.5. The van der Waals surface area contributed by atoms with Crippen molar-refractivity contribution in [2.75, 3.05) is 10.6 Å². The van der Waals surface area contributed by atoms with E-state index in [4.69, 9.17) is 0 Å². The van der Waals surface area contributed by atoms with Gasteiger partial charge >= 0.3 is 0 Å². The third kappa shape index (κ3) is 4.84. The summed E-state index contributed by atoms with van der Waals surface area (Å²) in [5.74, 6) is -0.411. The van der Waals surface area contributed by atoms with Gasteiger partial charge in [0.1, 0.15) is 5.01 Å². The topological polar surface area (TPSA) is 84.0 Å². The summed E-state index contributed by atoms with van der Waals surface area (Å²) in [7, 11) is 0. The van der Waals surface area contributed by atoms with E-state index in [0.29, 0.717) is 10.8 Å². The molecule has 0 aliphatic heterocycles. The maximum atomic E-state index is 12.0. The Hall–Kier alpha value is -3.32. The zero-order chi connectivity index (χ0) is 18.4. The lowest BCUT2D eigenvalue weighted by Crippen LogP contribution is -2.07. The lowest BCUT2D eigenvalue weighted by molar-refractivity contribution is -0.114. The molecule has 0 aliphatic carbocycles. The fourth-order valence-corrected chi connectivity index (χ4v) is 2.92. The maximum absolute atomic E-state index is 12.0. The Kier molecular flexibility index (Phi) is 5.50. The van der Waals surface area contributed by atoms with Crippen molar-refractivity contribution in [2.45, 2.75) is 6.92 Å². The number of hydrogen-bond donors (Lipinski definition) is 2. The van der Waals surface area contributed by atoms with Crippen molar-refractivity contribution in [3.8, 4) is 10.6 Å². The molecule has 7 heteroatoms. The zero-order valence-electron chi connectivity index (χ0n) is 14.0. The van der Waals surface area contributed by atoms with Crippen LogP contribution in [0.5, 0.6) is 0 Å². The summed E-state index contributed by atoms with van der Waals surface area (Å²) < 4.78 is 0. The van der Waals surface area contributed by atoms with E-state index in [2.05, 4.69) is 20.8 Å². The Morgan fingerprint density at radius 3 is 2.38 bits per heavy atom. The molecule has 0 radical (unpaired) electrons. The lowest BCUT2D eigenvalue weighted by atomic mass is 10.2. The minimum Gasteiger partial charge on any atom is -0.326 e. The Labute approximate surface area is 154 Å². The van der Waals surface area contributed by atoms with Crippen molar-refractivity contribution in [1.29, 1.82) is 0 Å². The highest BCUT2D eigenvalue weighted by atomic mass is 32.1. The third-order valence-electron chi connectivity index (χ3n) is 3.33. The Balaban J connectivity index is 1.59. The number of nitrogens with zero attached hydrogens (tertiary/aromatic N) is 2. The fraction of sp³-hybridized carbons (Fsp3) is 0.0526.